The Morgan fingerprint density at radius 1 is 1.38 bits per heavy atom. The molecule has 3 atom stereocenters. The maximum absolute atomic E-state index is 11.3. The van der Waals surface area contributed by atoms with Crippen LogP contribution in [0.1, 0.15) is 47.0 Å². The fraction of sp³-hybridized carbons (Fsp3) is 0.923. The van der Waals surface area contributed by atoms with Gasteiger partial charge in [-0.05, 0) is 37.5 Å². The maximum Gasteiger partial charge on any atom is 0.334 e. The zero-order valence-corrected chi connectivity index (χ0v) is 11.1. The Labute approximate surface area is 98.5 Å². The minimum absolute atomic E-state index is 0.188. The molecule has 0 aromatic carbocycles. The average Bonchev–Trinajstić information content (AvgIpc) is 2.12. The molecule has 0 aromatic rings. The molecule has 1 rings (SSSR count). The number of esters is 1. The zero-order chi connectivity index (χ0) is 12.3. The first-order chi connectivity index (χ1) is 7.34. The van der Waals surface area contributed by atoms with Crippen molar-refractivity contribution in [2.45, 2.75) is 59.2 Å². The van der Waals surface area contributed by atoms with Crippen LogP contribution in [0.4, 0.5) is 0 Å². The van der Waals surface area contributed by atoms with Crippen LogP contribution in [-0.2, 0) is 14.3 Å². The van der Waals surface area contributed by atoms with Crippen molar-refractivity contribution < 1.29 is 14.3 Å². The minimum atomic E-state index is -0.448. The van der Waals surface area contributed by atoms with Crippen molar-refractivity contribution in [1.82, 2.24) is 0 Å². The van der Waals surface area contributed by atoms with Crippen LogP contribution < -0.4 is 0 Å². The lowest BCUT2D eigenvalue weighted by Gasteiger charge is -2.39. The van der Waals surface area contributed by atoms with Gasteiger partial charge in [-0.25, -0.2) is 4.79 Å². The second-order valence-electron chi connectivity index (χ2n) is 5.84. The van der Waals surface area contributed by atoms with Crippen molar-refractivity contribution in [2.75, 3.05) is 7.11 Å². The van der Waals surface area contributed by atoms with Gasteiger partial charge in [-0.15, -0.1) is 0 Å². The zero-order valence-electron chi connectivity index (χ0n) is 11.1. The summed E-state index contributed by atoms with van der Waals surface area (Å²) in [6, 6.07) is 0. The lowest BCUT2D eigenvalue weighted by molar-refractivity contribution is -0.160. The molecule has 0 N–H and O–H groups in total. The van der Waals surface area contributed by atoms with Gasteiger partial charge in [0.2, 0.25) is 0 Å². The summed E-state index contributed by atoms with van der Waals surface area (Å²) in [5.74, 6) is 0.384. The number of carbonyl (C=O) groups excluding carboxylic acids is 1. The molecule has 94 valence electrons. The van der Waals surface area contributed by atoms with Gasteiger partial charge in [0, 0.05) is 0 Å². The normalized spacial score (nSPS) is 30.8. The van der Waals surface area contributed by atoms with E-state index < -0.39 is 6.10 Å². The second kappa shape index (κ2) is 5.17. The fourth-order valence-corrected chi connectivity index (χ4v) is 2.87. The fourth-order valence-electron chi connectivity index (χ4n) is 2.87. The summed E-state index contributed by atoms with van der Waals surface area (Å²) in [5.41, 5.74) is 0.318. The van der Waals surface area contributed by atoms with Crippen LogP contribution in [0.15, 0.2) is 0 Å². The highest BCUT2D eigenvalue weighted by Crippen LogP contribution is 2.39. The van der Waals surface area contributed by atoms with Crippen molar-refractivity contribution in [2.24, 2.45) is 11.3 Å². The smallest absolute Gasteiger partial charge is 0.334 e. The molecule has 0 aromatic heterocycles. The van der Waals surface area contributed by atoms with E-state index in [9.17, 15) is 4.79 Å². The van der Waals surface area contributed by atoms with Crippen LogP contribution in [-0.4, -0.2) is 25.3 Å². The summed E-state index contributed by atoms with van der Waals surface area (Å²) in [7, 11) is 1.40. The first-order valence-electron chi connectivity index (χ1n) is 6.07. The predicted molar refractivity (Wildman–Crippen MR) is 63.1 cm³/mol. The Morgan fingerprint density at radius 2 is 2.00 bits per heavy atom. The Bertz CT molecular complexity index is 248. The first kappa shape index (κ1) is 13.5. The number of hydrogen-bond acceptors (Lipinski definition) is 3. The summed E-state index contributed by atoms with van der Waals surface area (Å²) in [6.45, 7) is 8.54. The standard InChI is InChI=1S/C13H24O3/c1-9-6-11(8-13(3,4)7-9)16-10(2)12(14)15-5/h9-11H,6-8H2,1-5H3. The number of carbonyl (C=O) groups is 1. The number of hydrogen-bond donors (Lipinski definition) is 0. The Balaban J connectivity index is 2.51. The van der Waals surface area contributed by atoms with E-state index >= 15 is 0 Å². The highest BCUT2D eigenvalue weighted by molar-refractivity contribution is 5.73. The van der Waals surface area contributed by atoms with Crippen molar-refractivity contribution in [3.8, 4) is 0 Å². The van der Waals surface area contributed by atoms with E-state index in [1.54, 1.807) is 6.92 Å². The van der Waals surface area contributed by atoms with E-state index in [2.05, 4.69) is 25.5 Å². The molecule has 0 saturated heterocycles. The van der Waals surface area contributed by atoms with E-state index in [4.69, 9.17) is 4.74 Å². The van der Waals surface area contributed by atoms with E-state index in [1.807, 2.05) is 0 Å². The molecule has 3 unspecified atom stereocenters. The quantitative estimate of drug-likeness (QED) is 0.697. The Kier molecular flexibility index (Phi) is 4.36. The molecule has 1 aliphatic rings. The summed E-state index contributed by atoms with van der Waals surface area (Å²) >= 11 is 0. The Hall–Kier alpha value is -0.570. The third-order valence-corrected chi connectivity index (χ3v) is 3.28. The molecule has 1 aliphatic carbocycles. The van der Waals surface area contributed by atoms with Crippen molar-refractivity contribution in [3.63, 3.8) is 0 Å². The molecule has 3 nitrogen and oxygen atoms in total. The summed E-state index contributed by atoms with van der Waals surface area (Å²) in [6.07, 6.45) is 3.05. The highest BCUT2D eigenvalue weighted by atomic mass is 16.6. The molecule has 16 heavy (non-hydrogen) atoms. The monoisotopic (exact) mass is 228 g/mol. The molecular weight excluding hydrogens is 204 g/mol. The first-order valence-corrected chi connectivity index (χ1v) is 6.07. The molecule has 1 saturated carbocycles. The van der Waals surface area contributed by atoms with Gasteiger partial charge >= 0.3 is 5.97 Å². The third-order valence-electron chi connectivity index (χ3n) is 3.28. The molecular formula is C13H24O3. The molecule has 1 fully saturated rings. The largest absolute Gasteiger partial charge is 0.467 e. The summed E-state index contributed by atoms with van der Waals surface area (Å²) < 4.78 is 10.4. The minimum Gasteiger partial charge on any atom is -0.467 e. The van der Waals surface area contributed by atoms with Gasteiger partial charge in [0.1, 0.15) is 0 Å². The van der Waals surface area contributed by atoms with Gasteiger partial charge in [-0.1, -0.05) is 20.8 Å². The van der Waals surface area contributed by atoms with Gasteiger partial charge in [0.05, 0.1) is 13.2 Å². The molecule has 0 bridgehead atoms. The second-order valence-corrected chi connectivity index (χ2v) is 5.84. The van der Waals surface area contributed by atoms with Gasteiger partial charge in [0.15, 0.2) is 6.10 Å². The van der Waals surface area contributed by atoms with E-state index in [0.29, 0.717) is 11.3 Å². The average molecular weight is 228 g/mol. The topological polar surface area (TPSA) is 35.5 Å². The van der Waals surface area contributed by atoms with Crippen LogP contribution >= 0.6 is 0 Å². The van der Waals surface area contributed by atoms with Gasteiger partial charge in [0.25, 0.3) is 0 Å². The molecule has 3 heteroatoms. The van der Waals surface area contributed by atoms with Crippen LogP contribution in [0.2, 0.25) is 0 Å². The van der Waals surface area contributed by atoms with E-state index in [-0.39, 0.29) is 12.1 Å². The molecule has 0 spiro atoms. The molecule has 0 heterocycles. The van der Waals surface area contributed by atoms with Crippen LogP contribution in [0, 0.1) is 11.3 Å². The Morgan fingerprint density at radius 3 is 2.50 bits per heavy atom. The summed E-state index contributed by atoms with van der Waals surface area (Å²) in [5, 5.41) is 0. The summed E-state index contributed by atoms with van der Waals surface area (Å²) in [4.78, 5) is 11.3. The van der Waals surface area contributed by atoms with Crippen molar-refractivity contribution in [1.29, 1.82) is 0 Å². The molecule has 0 aliphatic heterocycles. The van der Waals surface area contributed by atoms with Gasteiger partial charge in [-0.2, -0.15) is 0 Å². The predicted octanol–water partition coefficient (Wildman–Crippen LogP) is 2.78. The van der Waals surface area contributed by atoms with Crippen molar-refractivity contribution >= 4 is 5.97 Å². The lowest BCUT2D eigenvalue weighted by Crippen LogP contribution is -2.36. The SMILES string of the molecule is COC(=O)C(C)OC1CC(C)CC(C)(C)C1. The molecule has 0 radical (unpaired) electrons. The van der Waals surface area contributed by atoms with Crippen molar-refractivity contribution in [3.05, 3.63) is 0 Å². The van der Waals surface area contributed by atoms with Crippen LogP contribution in [0.5, 0.6) is 0 Å². The van der Waals surface area contributed by atoms with Gasteiger partial charge < -0.3 is 9.47 Å². The van der Waals surface area contributed by atoms with Gasteiger partial charge in [-0.3, -0.25) is 0 Å². The molecule has 0 amide bonds. The lowest BCUT2D eigenvalue weighted by atomic mass is 9.71. The number of ether oxygens (including phenoxy) is 2. The van der Waals surface area contributed by atoms with Crippen LogP contribution in [0.3, 0.4) is 0 Å². The number of rotatable bonds is 3. The third kappa shape index (κ3) is 3.78. The maximum atomic E-state index is 11.3. The van der Waals surface area contributed by atoms with Crippen LogP contribution in [0.25, 0.3) is 0 Å². The number of methoxy groups -OCH3 is 1. The van der Waals surface area contributed by atoms with E-state index in [1.165, 1.54) is 13.5 Å². The highest BCUT2D eigenvalue weighted by Gasteiger charge is 2.34. The van der Waals surface area contributed by atoms with E-state index in [0.717, 1.165) is 12.8 Å².